The van der Waals surface area contributed by atoms with Crippen LogP contribution in [0.25, 0.3) is 0 Å². The van der Waals surface area contributed by atoms with Crippen LogP contribution < -0.4 is 4.74 Å². The van der Waals surface area contributed by atoms with E-state index < -0.39 is 6.36 Å². The van der Waals surface area contributed by atoms with Crippen molar-refractivity contribution >= 4 is 0 Å². The number of rotatable bonds is 6. The monoisotopic (exact) mass is 378 g/mol. The number of likely N-dealkylation sites (tertiary alicyclic amines) is 1. The van der Waals surface area contributed by atoms with Crippen molar-refractivity contribution in [2.45, 2.75) is 19.3 Å². The van der Waals surface area contributed by atoms with Crippen molar-refractivity contribution in [3.05, 3.63) is 71.9 Å². The normalized spacial score (nSPS) is 24.7. The fourth-order valence-corrected chi connectivity index (χ4v) is 4.17. The molecule has 143 valence electrons. The van der Waals surface area contributed by atoms with Crippen LogP contribution in [0, 0.1) is 30.0 Å². The fourth-order valence-electron chi connectivity index (χ4n) is 4.17. The summed E-state index contributed by atoms with van der Waals surface area (Å²) < 4.78 is 53.9. The van der Waals surface area contributed by atoms with Crippen molar-refractivity contribution < 1.29 is 22.3 Å². The van der Waals surface area contributed by atoms with Gasteiger partial charge in [-0.2, -0.15) is 0 Å². The quantitative estimate of drug-likeness (QED) is 0.653. The topological polar surface area (TPSA) is 12.5 Å². The first-order valence-corrected chi connectivity index (χ1v) is 9.03. The zero-order valence-electron chi connectivity index (χ0n) is 14.6. The van der Waals surface area contributed by atoms with Gasteiger partial charge in [0.1, 0.15) is 11.6 Å². The van der Waals surface area contributed by atoms with E-state index in [1.54, 1.807) is 12.1 Å². The minimum Gasteiger partial charge on any atom is -0.406 e. The van der Waals surface area contributed by atoms with Gasteiger partial charge in [-0.1, -0.05) is 24.3 Å². The van der Waals surface area contributed by atoms with Crippen LogP contribution >= 0.6 is 0 Å². The summed E-state index contributed by atoms with van der Waals surface area (Å²) in [7, 11) is 0. The first-order valence-electron chi connectivity index (χ1n) is 9.03. The van der Waals surface area contributed by atoms with E-state index in [-0.39, 0.29) is 11.6 Å². The Morgan fingerprint density at radius 2 is 1.74 bits per heavy atom. The van der Waals surface area contributed by atoms with Crippen LogP contribution in [-0.2, 0) is 6.54 Å². The Kier molecular flexibility index (Phi) is 4.84. The molecular formula is C21H20F4NO. The Labute approximate surface area is 155 Å². The molecule has 2 nitrogen and oxygen atoms in total. The zero-order chi connectivity index (χ0) is 19.0. The van der Waals surface area contributed by atoms with E-state index >= 15 is 0 Å². The second kappa shape index (κ2) is 7.15. The van der Waals surface area contributed by atoms with Crippen LogP contribution in [0.4, 0.5) is 17.6 Å². The highest BCUT2D eigenvalue weighted by Crippen LogP contribution is 2.54. The van der Waals surface area contributed by atoms with Gasteiger partial charge < -0.3 is 4.74 Å². The predicted octanol–water partition coefficient (Wildman–Crippen LogP) is 5.04. The largest absolute Gasteiger partial charge is 0.573 e. The molecule has 1 aliphatic heterocycles. The maximum Gasteiger partial charge on any atom is 0.573 e. The molecule has 2 aromatic carbocycles. The highest BCUT2D eigenvalue weighted by molar-refractivity contribution is 5.33. The molecule has 1 saturated heterocycles. The average molecular weight is 378 g/mol. The Bertz CT molecular complexity index is 778. The number of benzene rings is 2. The van der Waals surface area contributed by atoms with Gasteiger partial charge in [0.05, 0.1) is 0 Å². The third-order valence-electron chi connectivity index (χ3n) is 5.48. The van der Waals surface area contributed by atoms with E-state index in [4.69, 9.17) is 0 Å². The summed E-state index contributed by atoms with van der Waals surface area (Å²) in [6, 6.07) is 12.7. The van der Waals surface area contributed by atoms with Gasteiger partial charge in [0.2, 0.25) is 0 Å². The molecule has 4 rings (SSSR count). The highest BCUT2D eigenvalue weighted by Gasteiger charge is 2.54. The van der Waals surface area contributed by atoms with E-state index in [9.17, 15) is 17.6 Å². The number of halogens is 4. The lowest BCUT2D eigenvalue weighted by molar-refractivity contribution is -0.274. The number of hydrogen-bond acceptors (Lipinski definition) is 2. The summed E-state index contributed by atoms with van der Waals surface area (Å²) in [6.07, 6.45) is -1.80. The van der Waals surface area contributed by atoms with Gasteiger partial charge in [-0.05, 0) is 66.0 Å². The third-order valence-corrected chi connectivity index (χ3v) is 5.48. The molecule has 27 heavy (non-hydrogen) atoms. The fraction of sp³-hybridized carbons (Fsp3) is 0.381. The van der Waals surface area contributed by atoms with Gasteiger partial charge in [-0.25, -0.2) is 4.39 Å². The van der Waals surface area contributed by atoms with Gasteiger partial charge in [0.25, 0.3) is 0 Å². The number of piperidine rings is 1. The molecule has 0 bridgehead atoms. The van der Waals surface area contributed by atoms with E-state index in [0.29, 0.717) is 17.8 Å². The lowest BCUT2D eigenvalue weighted by atomic mass is 10.0. The van der Waals surface area contributed by atoms with Gasteiger partial charge in [0, 0.05) is 19.6 Å². The van der Waals surface area contributed by atoms with Crippen LogP contribution in [0.2, 0.25) is 0 Å². The Balaban J connectivity index is 1.23. The van der Waals surface area contributed by atoms with Crippen LogP contribution in [0.15, 0.2) is 48.5 Å². The molecule has 0 amide bonds. The molecule has 2 fully saturated rings. The maximum atomic E-state index is 13.0. The smallest absolute Gasteiger partial charge is 0.406 e. The molecule has 0 N–H and O–H groups in total. The second-order valence-corrected chi connectivity index (χ2v) is 7.37. The standard InChI is InChI=1S/C21H20F4NO/c22-16-7-4-15(5-8-16)11-26-12-19-18(20(19)13-26)9-6-14-2-1-3-17(10-14)27-21(23,24)25/h1-8,10,18-20H,9,11-13H2. The van der Waals surface area contributed by atoms with Crippen LogP contribution in [0.3, 0.4) is 0 Å². The van der Waals surface area contributed by atoms with Gasteiger partial charge in [-0.15, -0.1) is 13.2 Å². The van der Waals surface area contributed by atoms with Crippen molar-refractivity contribution in [3.8, 4) is 5.75 Å². The third kappa shape index (κ3) is 4.61. The number of nitrogens with zero attached hydrogens (tertiary/aromatic N) is 1. The van der Waals surface area contributed by atoms with Crippen molar-refractivity contribution in [1.29, 1.82) is 0 Å². The molecule has 0 spiro atoms. The van der Waals surface area contributed by atoms with Crippen LogP contribution in [0.5, 0.6) is 5.75 Å². The molecule has 2 unspecified atom stereocenters. The highest BCUT2D eigenvalue weighted by atomic mass is 19.4. The lowest BCUT2D eigenvalue weighted by Gasteiger charge is -2.19. The van der Waals surface area contributed by atoms with Crippen molar-refractivity contribution in [1.82, 2.24) is 4.90 Å². The van der Waals surface area contributed by atoms with Gasteiger partial charge in [0.15, 0.2) is 0 Å². The van der Waals surface area contributed by atoms with E-state index in [0.717, 1.165) is 37.2 Å². The van der Waals surface area contributed by atoms with Crippen LogP contribution in [0.1, 0.15) is 17.5 Å². The summed E-state index contributed by atoms with van der Waals surface area (Å²) in [6.45, 7) is 2.89. The first-order chi connectivity index (χ1) is 12.9. The lowest BCUT2D eigenvalue weighted by Crippen LogP contribution is -2.24. The minimum absolute atomic E-state index is 0.183. The predicted molar refractivity (Wildman–Crippen MR) is 93.3 cm³/mol. The SMILES string of the molecule is Fc1ccc(CN2CC3C(C[CH]c4cccc(OC(F)(F)F)c4)C3C2)cc1. The molecule has 2 aliphatic rings. The van der Waals surface area contributed by atoms with Crippen molar-refractivity contribution in [2.75, 3.05) is 13.1 Å². The Morgan fingerprint density at radius 1 is 1.04 bits per heavy atom. The van der Waals surface area contributed by atoms with Gasteiger partial charge in [-0.3, -0.25) is 4.90 Å². The molecule has 1 aliphatic carbocycles. The first kappa shape index (κ1) is 18.3. The van der Waals surface area contributed by atoms with Crippen molar-refractivity contribution in [3.63, 3.8) is 0 Å². The minimum atomic E-state index is -4.67. The maximum absolute atomic E-state index is 13.0. The summed E-state index contributed by atoms with van der Waals surface area (Å²) in [5, 5.41) is 0. The van der Waals surface area contributed by atoms with E-state index in [1.165, 1.54) is 24.3 Å². The average Bonchev–Trinajstić information content (AvgIpc) is 3.05. The molecule has 6 heteroatoms. The Hall–Kier alpha value is -2.08. The number of hydrogen-bond donors (Lipinski definition) is 0. The molecule has 1 saturated carbocycles. The summed E-state index contributed by atoms with van der Waals surface area (Å²) in [4.78, 5) is 2.39. The molecule has 1 heterocycles. The summed E-state index contributed by atoms with van der Waals surface area (Å²) in [5.41, 5.74) is 1.87. The second-order valence-electron chi connectivity index (χ2n) is 7.37. The molecule has 2 aromatic rings. The zero-order valence-corrected chi connectivity index (χ0v) is 14.6. The van der Waals surface area contributed by atoms with Crippen LogP contribution in [-0.4, -0.2) is 24.4 Å². The van der Waals surface area contributed by atoms with Gasteiger partial charge >= 0.3 is 6.36 Å². The summed E-state index contributed by atoms with van der Waals surface area (Å²) >= 11 is 0. The van der Waals surface area contributed by atoms with E-state index in [1.807, 2.05) is 18.6 Å². The molecule has 2 atom stereocenters. The number of alkyl halides is 3. The van der Waals surface area contributed by atoms with E-state index in [2.05, 4.69) is 9.64 Å². The molecule has 1 radical (unpaired) electrons. The summed E-state index contributed by atoms with van der Waals surface area (Å²) in [5.74, 6) is 1.50. The van der Waals surface area contributed by atoms with Crippen molar-refractivity contribution in [2.24, 2.45) is 17.8 Å². The number of ether oxygens (including phenoxy) is 1. The molecule has 0 aromatic heterocycles. The Morgan fingerprint density at radius 3 is 2.41 bits per heavy atom. The molecular weight excluding hydrogens is 358 g/mol. The number of fused-ring (bicyclic) bond motifs is 1.